The number of quaternary nitrogens is 1. The first-order valence-electron chi connectivity index (χ1n) is 9.84. The molecule has 1 aliphatic rings. The van der Waals surface area contributed by atoms with Gasteiger partial charge in [-0.1, -0.05) is 25.5 Å². The molecule has 5 heteroatoms. The van der Waals surface area contributed by atoms with Crippen LogP contribution in [0.4, 0.5) is 5.69 Å². The molecular weight excluding hydrogens is 332 g/mol. The van der Waals surface area contributed by atoms with E-state index in [1.807, 2.05) is 24.3 Å². The van der Waals surface area contributed by atoms with Gasteiger partial charge < -0.3 is 4.48 Å². The predicted molar refractivity (Wildman–Crippen MR) is 106 cm³/mol. The number of unbranched alkanes of at least 4 members (excludes halogenated alkanes) is 1. The summed E-state index contributed by atoms with van der Waals surface area (Å²) in [4.78, 5) is 0. The number of benzene rings is 1. The molecule has 142 valence electrons. The van der Waals surface area contributed by atoms with Gasteiger partial charge in [-0.2, -0.15) is 0 Å². The smallest absolute Gasteiger partial charge is 0.229 e. The molecule has 0 aliphatic carbocycles. The van der Waals surface area contributed by atoms with Crippen LogP contribution in [0.5, 0.6) is 0 Å². The second-order valence-corrected chi connectivity index (χ2v) is 9.43. The number of nitrogens with one attached hydrogen (secondary N) is 1. The minimum Gasteiger partial charge on any atom is -0.324 e. The Morgan fingerprint density at radius 2 is 1.56 bits per heavy atom. The Labute approximate surface area is 154 Å². The molecule has 0 amide bonds. The first kappa shape index (κ1) is 20.2. The minimum absolute atomic E-state index is 0.644. The summed E-state index contributed by atoms with van der Waals surface area (Å²) < 4.78 is 26.4. The van der Waals surface area contributed by atoms with Gasteiger partial charge in [-0.05, 0) is 56.2 Å². The van der Waals surface area contributed by atoms with Gasteiger partial charge in [-0.15, -0.1) is 0 Å². The third-order valence-corrected chi connectivity index (χ3v) is 5.96. The molecule has 1 aromatic rings. The van der Waals surface area contributed by atoms with E-state index < -0.39 is 10.0 Å². The highest BCUT2D eigenvalue weighted by Crippen LogP contribution is 2.21. The maximum Gasteiger partial charge on any atom is 0.229 e. The fourth-order valence-electron chi connectivity index (χ4n) is 3.98. The number of aryl methyl sites for hydroxylation is 1. The molecule has 0 radical (unpaired) electrons. The molecule has 25 heavy (non-hydrogen) atoms. The molecule has 1 saturated heterocycles. The molecule has 1 N–H and O–H groups in total. The van der Waals surface area contributed by atoms with E-state index in [2.05, 4.69) is 11.6 Å². The van der Waals surface area contributed by atoms with Crippen molar-refractivity contribution in [2.45, 2.75) is 58.3 Å². The fraction of sp³-hybridized carbons (Fsp3) is 0.700. The Kier molecular flexibility index (Phi) is 7.76. The third-order valence-electron chi connectivity index (χ3n) is 5.36. The number of sulfonamides is 1. The van der Waals surface area contributed by atoms with Crippen LogP contribution in [0.25, 0.3) is 0 Å². The van der Waals surface area contributed by atoms with Crippen LogP contribution in [0, 0.1) is 0 Å². The average Bonchev–Trinajstić information content (AvgIpc) is 2.79. The fourth-order valence-corrected chi connectivity index (χ4v) is 4.55. The first-order valence-corrected chi connectivity index (χ1v) is 11.7. The quantitative estimate of drug-likeness (QED) is 0.666. The topological polar surface area (TPSA) is 46.2 Å². The summed E-state index contributed by atoms with van der Waals surface area (Å²) in [5, 5.41) is 0. The van der Waals surface area contributed by atoms with Crippen LogP contribution >= 0.6 is 0 Å². The highest BCUT2D eigenvalue weighted by molar-refractivity contribution is 7.92. The maximum atomic E-state index is 11.3. The number of likely N-dealkylation sites (tertiary alicyclic amines) is 1. The second-order valence-electron chi connectivity index (χ2n) is 7.68. The zero-order chi connectivity index (χ0) is 18.2. The average molecular weight is 368 g/mol. The van der Waals surface area contributed by atoms with E-state index in [0.717, 1.165) is 6.42 Å². The molecule has 0 atom stereocenters. The Hall–Kier alpha value is -1.07. The third kappa shape index (κ3) is 7.37. The number of nitrogens with zero attached hydrogens (tertiary/aromatic N) is 1. The summed E-state index contributed by atoms with van der Waals surface area (Å²) in [6.45, 7) is 7.63. The molecule has 0 bridgehead atoms. The Balaban J connectivity index is 1.88. The zero-order valence-electron chi connectivity index (χ0n) is 16.0. The van der Waals surface area contributed by atoms with Crippen LogP contribution in [0.3, 0.4) is 0 Å². The molecule has 4 nitrogen and oxygen atoms in total. The van der Waals surface area contributed by atoms with E-state index in [9.17, 15) is 8.42 Å². The number of anilines is 1. The van der Waals surface area contributed by atoms with Crippen molar-refractivity contribution >= 4 is 15.7 Å². The summed E-state index contributed by atoms with van der Waals surface area (Å²) >= 11 is 0. The summed E-state index contributed by atoms with van der Waals surface area (Å²) in [7, 11) is -3.19. The Morgan fingerprint density at radius 1 is 0.960 bits per heavy atom. The van der Waals surface area contributed by atoms with Gasteiger partial charge in [0.05, 0.1) is 32.4 Å². The van der Waals surface area contributed by atoms with Crippen molar-refractivity contribution in [1.29, 1.82) is 0 Å². The highest BCUT2D eigenvalue weighted by atomic mass is 32.2. The molecule has 0 aromatic heterocycles. The lowest BCUT2D eigenvalue weighted by Crippen LogP contribution is -2.50. The van der Waals surface area contributed by atoms with Crippen molar-refractivity contribution in [1.82, 2.24) is 0 Å². The lowest BCUT2D eigenvalue weighted by Gasteiger charge is -2.38. The van der Waals surface area contributed by atoms with E-state index in [1.165, 1.54) is 87.4 Å². The van der Waals surface area contributed by atoms with Crippen LogP contribution in [0.2, 0.25) is 0 Å². The van der Waals surface area contributed by atoms with E-state index in [0.29, 0.717) is 5.69 Å². The number of hydrogen-bond acceptors (Lipinski definition) is 2. The van der Waals surface area contributed by atoms with Gasteiger partial charge in [0.1, 0.15) is 0 Å². The van der Waals surface area contributed by atoms with Crippen LogP contribution in [0.15, 0.2) is 24.3 Å². The van der Waals surface area contributed by atoms with E-state index >= 15 is 0 Å². The number of rotatable bonds is 9. The van der Waals surface area contributed by atoms with E-state index in [-0.39, 0.29) is 0 Å². The van der Waals surface area contributed by atoms with Gasteiger partial charge in [0.25, 0.3) is 0 Å². The normalized spacial score (nSPS) is 17.8. The molecule has 2 rings (SSSR count). The van der Waals surface area contributed by atoms with Gasteiger partial charge >= 0.3 is 0 Å². The molecule has 0 saturated carbocycles. The van der Waals surface area contributed by atoms with Gasteiger partial charge in [0.2, 0.25) is 10.0 Å². The Morgan fingerprint density at radius 3 is 2.12 bits per heavy atom. The van der Waals surface area contributed by atoms with E-state index in [1.54, 1.807) is 0 Å². The molecule has 0 unspecified atom stereocenters. The van der Waals surface area contributed by atoms with Crippen molar-refractivity contribution in [3.8, 4) is 0 Å². The predicted octanol–water partition coefficient (Wildman–Crippen LogP) is 4.18. The SMILES string of the molecule is CCCC[N+]1(CCCc2ccc(NS(C)(=O)=O)cc2)CCCCCC1. The summed E-state index contributed by atoms with van der Waals surface area (Å²) in [6.07, 6.45) is 11.7. The van der Waals surface area contributed by atoms with Gasteiger partial charge in [-0.3, -0.25) is 4.72 Å². The maximum absolute atomic E-state index is 11.3. The molecule has 1 heterocycles. The van der Waals surface area contributed by atoms with Crippen LogP contribution in [-0.2, 0) is 16.4 Å². The van der Waals surface area contributed by atoms with Crippen molar-refractivity contribution in [2.75, 3.05) is 37.2 Å². The summed E-state index contributed by atoms with van der Waals surface area (Å²) in [6, 6.07) is 7.83. The minimum atomic E-state index is -3.19. The van der Waals surface area contributed by atoms with E-state index in [4.69, 9.17) is 0 Å². The summed E-state index contributed by atoms with van der Waals surface area (Å²) in [5.41, 5.74) is 1.94. The number of hydrogen-bond donors (Lipinski definition) is 1. The van der Waals surface area contributed by atoms with Crippen molar-refractivity contribution in [2.24, 2.45) is 0 Å². The monoisotopic (exact) mass is 367 g/mol. The van der Waals surface area contributed by atoms with Crippen LogP contribution < -0.4 is 4.72 Å². The molecule has 0 spiro atoms. The molecule has 1 fully saturated rings. The second kappa shape index (κ2) is 9.58. The highest BCUT2D eigenvalue weighted by Gasteiger charge is 2.27. The van der Waals surface area contributed by atoms with Crippen molar-refractivity contribution < 1.29 is 12.9 Å². The van der Waals surface area contributed by atoms with Crippen LogP contribution in [0.1, 0.15) is 57.4 Å². The van der Waals surface area contributed by atoms with Gasteiger partial charge in [0.15, 0.2) is 0 Å². The largest absolute Gasteiger partial charge is 0.324 e. The van der Waals surface area contributed by atoms with Crippen LogP contribution in [-0.4, -0.2) is 45.3 Å². The molecule has 1 aliphatic heterocycles. The van der Waals surface area contributed by atoms with Crippen molar-refractivity contribution in [3.63, 3.8) is 0 Å². The Bertz CT molecular complexity index is 603. The standard InChI is InChI=1S/C20H35N2O2S/c1-3-4-15-22(16-7-5-6-8-17-22)18-9-10-19-11-13-20(14-12-19)21-25(2,23)24/h11-14,21H,3-10,15-18H2,1-2H3/q+1. The van der Waals surface area contributed by atoms with Gasteiger partial charge in [-0.25, -0.2) is 8.42 Å². The molecular formula is C20H35N2O2S+. The zero-order valence-corrected chi connectivity index (χ0v) is 16.8. The molecule has 1 aromatic carbocycles. The summed E-state index contributed by atoms with van der Waals surface area (Å²) in [5.74, 6) is 0. The van der Waals surface area contributed by atoms with Crippen molar-refractivity contribution in [3.05, 3.63) is 29.8 Å². The lowest BCUT2D eigenvalue weighted by atomic mass is 10.1. The first-order chi connectivity index (χ1) is 11.9. The van der Waals surface area contributed by atoms with Gasteiger partial charge in [0, 0.05) is 12.1 Å². The lowest BCUT2D eigenvalue weighted by molar-refractivity contribution is -0.927.